The molecule has 1 aliphatic rings. The highest BCUT2D eigenvalue weighted by molar-refractivity contribution is 5.90. The van der Waals surface area contributed by atoms with Crippen LogP contribution in [0.15, 0.2) is 207 Å². The Balaban J connectivity index is 1.19. The van der Waals surface area contributed by atoms with Gasteiger partial charge >= 0.3 is 0 Å². The van der Waals surface area contributed by atoms with Gasteiger partial charge in [0.15, 0.2) is 17.5 Å². The summed E-state index contributed by atoms with van der Waals surface area (Å²) in [6.45, 7) is 0. The molecule has 0 saturated heterocycles. The van der Waals surface area contributed by atoms with Gasteiger partial charge in [-0.25, -0.2) is 15.0 Å². The van der Waals surface area contributed by atoms with E-state index in [0.29, 0.717) is 17.5 Å². The quantitative estimate of drug-likeness (QED) is 0.166. The first-order valence-electron chi connectivity index (χ1n) is 18.5. The van der Waals surface area contributed by atoms with Gasteiger partial charge in [-0.1, -0.05) is 176 Å². The van der Waals surface area contributed by atoms with Gasteiger partial charge in [0.25, 0.3) is 0 Å². The second kappa shape index (κ2) is 13.6. The summed E-state index contributed by atoms with van der Waals surface area (Å²) < 4.78 is 0. The molecule has 4 nitrogen and oxygen atoms in total. The molecule has 2 aromatic heterocycles. The minimum absolute atomic E-state index is 0.604. The zero-order chi connectivity index (χ0) is 36.6. The SMILES string of the molecule is c1ccc(-c2ccc(-c3nc(-c4ccccc4)nc(-c4ccc5c(c4)C(c4ccccc4)(c4ccccc4)c4cc(-c6cccnc6)ccc4-5)n3)cc2)cc1. The lowest BCUT2D eigenvalue weighted by atomic mass is 9.67. The van der Waals surface area contributed by atoms with Crippen molar-refractivity contribution in [2.75, 3.05) is 0 Å². The molecule has 0 fully saturated rings. The largest absolute Gasteiger partial charge is 0.264 e. The minimum Gasteiger partial charge on any atom is -0.264 e. The fourth-order valence-corrected chi connectivity index (χ4v) is 8.13. The fraction of sp³-hybridized carbons (Fsp3) is 0.0196. The smallest absolute Gasteiger partial charge is 0.164 e. The average Bonchev–Trinajstić information content (AvgIpc) is 3.57. The molecule has 258 valence electrons. The zero-order valence-electron chi connectivity index (χ0n) is 29.9. The van der Waals surface area contributed by atoms with E-state index in [1.54, 1.807) is 0 Å². The first-order valence-corrected chi connectivity index (χ1v) is 18.5. The van der Waals surface area contributed by atoms with Gasteiger partial charge in [-0.05, 0) is 73.8 Å². The van der Waals surface area contributed by atoms with Crippen LogP contribution in [0.5, 0.6) is 0 Å². The summed E-state index contributed by atoms with van der Waals surface area (Å²) in [4.78, 5) is 19.8. The molecule has 0 bridgehead atoms. The molecule has 0 radical (unpaired) electrons. The second-order valence-electron chi connectivity index (χ2n) is 13.9. The maximum atomic E-state index is 5.19. The topological polar surface area (TPSA) is 51.6 Å². The maximum Gasteiger partial charge on any atom is 0.164 e. The van der Waals surface area contributed by atoms with Crippen LogP contribution in [-0.2, 0) is 5.41 Å². The lowest BCUT2D eigenvalue weighted by molar-refractivity contribution is 0.769. The van der Waals surface area contributed by atoms with E-state index in [-0.39, 0.29) is 0 Å². The maximum absolute atomic E-state index is 5.19. The van der Waals surface area contributed by atoms with Crippen LogP contribution in [-0.4, -0.2) is 19.9 Å². The molecular formula is C51H34N4. The summed E-state index contributed by atoms with van der Waals surface area (Å²) in [5.74, 6) is 1.89. The Morgan fingerprint density at radius 3 is 1.25 bits per heavy atom. The molecular weight excluding hydrogens is 669 g/mol. The Morgan fingerprint density at radius 1 is 0.309 bits per heavy atom. The van der Waals surface area contributed by atoms with E-state index >= 15 is 0 Å². The van der Waals surface area contributed by atoms with Crippen LogP contribution in [0.3, 0.4) is 0 Å². The Kier molecular flexibility index (Phi) is 8.00. The first kappa shape index (κ1) is 32.4. The molecule has 0 unspecified atom stereocenters. The number of benzene rings is 7. The normalized spacial score (nSPS) is 12.5. The van der Waals surface area contributed by atoms with Gasteiger partial charge in [0.05, 0.1) is 5.41 Å². The van der Waals surface area contributed by atoms with Gasteiger partial charge in [0.2, 0.25) is 0 Å². The average molecular weight is 703 g/mol. The summed E-state index contributed by atoms with van der Waals surface area (Å²) in [5, 5.41) is 0. The van der Waals surface area contributed by atoms with Crippen LogP contribution in [0.25, 0.3) is 67.5 Å². The van der Waals surface area contributed by atoms with Crippen molar-refractivity contribution in [3.05, 3.63) is 229 Å². The van der Waals surface area contributed by atoms with E-state index in [1.165, 1.54) is 38.9 Å². The van der Waals surface area contributed by atoms with E-state index in [2.05, 4.69) is 169 Å². The molecule has 9 aromatic rings. The van der Waals surface area contributed by atoms with Crippen molar-refractivity contribution in [3.63, 3.8) is 0 Å². The van der Waals surface area contributed by atoms with E-state index in [1.807, 2.05) is 42.7 Å². The zero-order valence-corrected chi connectivity index (χ0v) is 29.9. The lowest BCUT2D eigenvalue weighted by Gasteiger charge is -2.34. The first-order chi connectivity index (χ1) is 27.3. The van der Waals surface area contributed by atoms with Crippen LogP contribution in [0, 0.1) is 0 Å². The van der Waals surface area contributed by atoms with Gasteiger partial charge in [-0.2, -0.15) is 0 Å². The number of rotatable bonds is 7. The highest BCUT2D eigenvalue weighted by Crippen LogP contribution is 2.57. The van der Waals surface area contributed by atoms with Crippen molar-refractivity contribution < 1.29 is 0 Å². The minimum atomic E-state index is -0.604. The van der Waals surface area contributed by atoms with Gasteiger partial charge in [-0.3, -0.25) is 4.98 Å². The van der Waals surface area contributed by atoms with Crippen LogP contribution < -0.4 is 0 Å². The third-order valence-electron chi connectivity index (χ3n) is 10.7. The molecule has 0 spiro atoms. The molecule has 0 N–H and O–H groups in total. The van der Waals surface area contributed by atoms with Crippen LogP contribution >= 0.6 is 0 Å². The van der Waals surface area contributed by atoms with Crippen LogP contribution in [0.1, 0.15) is 22.3 Å². The summed E-state index contributed by atoms with van der Waals surface area (Å²) in [5.41, 5.74) is 13.9. The molecule has 10 rings (SSSR count). The summed E-state index contributed by atoms with van der Waals surface area (Å²) in [6, 6.07) is 68.5. The predicted octanol–water partition coefficient (Wildman–Crippen LogP) is 12.0. The monoisotopic (exact) mass is 702 g/mol. The van der Waals surface area contributed by atoms with Crippen molar-refractivity contribution in [2.45, 2.75) is 5.41 Å². The molecule has 2 heterocycles. The Bertz CT molecular complexity index is 2730. The molecule has 4 heteroatoms. The van der Waals surface area contributed by atoms with Crippen molar-refractivity contribution >= 4 is 0 Å². The van der Waals surface area contributed by atoms with Crippen molar-refractivity contribution in [1.29, 1.82) is 0 Å². The molecule has 0 amide bonds. The van der Waals surface area contributed by atoms with E-state index in [0.717, 1.165) is 33.4 Å². The van der Waals surface area contributed by atoms with E-state index in [4.69, 9.17) is 15.0 Å². The summed E-state index contributed by atoms with van der Waals surface area (Å²) in [6.07, 6.45) is 3.76. The Labute approximate surface area is 320 Å². The van der Waals surface area contributed by atoms with E-state index in [9.17, 15) is 0 Å². The third-order valence-corrected chi connectivity index (χ3v) is 10.7. The second-order valence-corrected chi connectivity index (χ2v) is 13.9. The highest BCUT2D eigenvalue weighted by Gasteiger charge is 2.46. The Hall–Kier alpha value is -7.30. The number of pyridine rings is 1. The van der Waals surface area contributed by atoms with Gasteiger partial charge in [0, 0.05) is 29.1 Å². The number of nitrogens with zero attached hydrogens (tertiary/aromatic N) is 4. The standard InChI is InChI=1S/C51H34N4/c1-5-14-35(15-6-1)36-23-25-38(26-24-36)49-53-48(37-16-7-2-8-17-37)54-50(55-49)40-28-30-45-44-29-27-39(41-18-13-31-52-34-41)32-46(44)51(47(45)33-40,42-19-9-3-10-20-42)43-21-11-4-12-22-43/h1-34H. The number of hydrogen-bond donors (Lipinski definition) is 0. The Morgan fingerprint density at radius 2 is 0.709 bits per heavy atom. The van der Waals surface area contributed by atoms with E-state index < -0.39 is 5.41 Å². The number of hydrogen-bond acceptors (Lipinski definition) is 4. The lowest BCUT2D eigenvalue weighted by Crippen LogP contribution is -2.28. The molecule has 0 aliphatic heterocycles. The van der Waals surface area contributed by atoms with Crippen molar-refractivity contribution in [3.8, 4) is 67.5 Å². The van der Waals surface area contributed by atoms with Crippen LogP contribution in [0.2, 0.25) is 0 Å². The molecule has 0 saturated carbocycles. The third kappa shape index (κ3) is 5.63. The predicted molar refractivity (Wildman–Crippen MR) is 222 cm³/mol. The highest BCUT2D eigenvalue weighted by atomic mass is 15.0. The van der Waals surface area contributed by atoms with Crippen molar-refractivity contribution in [2.24, 2.45) is 0 Å². The molecule has 7 aromatic carbocycles. The van der Waals surface area contributed by atoms with Gasteiger partial charge in [-0.15, -0.1) is 0 Å². The number of fused-ring (bicyclic) bond motifs is 3. The van der Waals surface area contributed by atoms with Gasteiger partial charge in [0.1, 0.15) is 0 Å². The van der Waals surface area contributed by atoms with Crippen LogP contribution in [0.4, 0.5) is 0 Å². The number of aromatic nitrogens is 4. The summed E-state index contributed by atoms with van der Waals surface area (Å²) in [7, 11) is 0. The summed E-state index contributed by atoms with van der Waals surface area (Å²) >= 11 is 0. The van der Waals surface area contributed by atoms with Gasteiger partial charge < -0.3 is 0 Å². The molecule has 0 atom stereocenters. The molecule has 1 aliphatic carbocycles. The molecule has 55 heavy (non-hydrogen) atoms. The van der Waals surface area contributed by atoms with Crippen molar-refractivity contribution in [1.82, 2.24) is 19.9 Å². The fourth-order valence-electron chi connectivity index (χ4n) is 8.13.